The average molecular weight is 483 g/mol. The monoisotopic (exact) mass is 482 g/mol. The van der Waals surface area contributed by atoms with Crippen molar-refractivity contribution in [1.29, 1.82) is 0 Å². The van der Waals surface area contributed by atoms with E-state index < -0.39 is 26.0 Å². The van der Waals surface area contributed by atoms with E-state index >= 15 is 0 Å². The van der Waals surface area contributed by atoms with Crippen LogP contribution in [0.1, 0.15) is 18.2 Å². The smallest absolute Gasteiger partial charge is 0.242 e. The molecule has 2 aliphatic rings. The molecule has 0 bridgehead atoms. The number of hydrogen-bond acceptors (Lipinski definition) is 8. The lowest BCUT2D eigenvalue weighted by Gasteiger charge is -2.37. The maximum absolute atomic E-state index is 12.9. The fourth-order valence-electron chi connectivity index (χ4n) is 3.93. The highest BCUT2D eigenvalue weighted by Crippen LogP contribution is 2.27. The molecular weight excluding hydrogens is 456 g/mol. The minimum absolute atomic E-state index is 0.0122. The van der Waals surface area contributed by atoms with Crippen LogP contribution in [0.15, 0.2) is 52.0 Å². The number of benzene rings is 1. The molecule has 0 saturated carbocycles. The summed E-state index contributed by atoms with van der Waals surface area (Å²) in [6.45, 7) is 3.46. The normalized spacial score (nSPS) is 21.2. The van der Waals surface area contributed by atoms with Gasteiger partial charge in [-0.25, -0.2) is 25.9 Å². The molecular formula is C20H26N4O6S2. The molecule has 0 spiro atoms. The van der Waals surface area contributed by atoms with Crippen LogP contribution in [-0.4, -0.2) is 78.1 Å². The molecule has 2 saturated heterocycles. The number of furan rings is 1. The predicted molar refractivity (Wildman–Crippen MR) is 118 cm³/mol. The molecule has 2 aromatic rings. The highest BCUT2D eigenvalue weighted by atomic mass is 32.2. The Bertz CT molecular complexity index is 1160. The van der Waals surface area contributed by atoms with Crippen molar-refractivity contribution in [1.82, 2.24) is 14.5 Å². The van der Waals surface area contributed by atoms with Crippen molar-refractivity contribution in [2.45, 2.75) is 17.4 Å². The standard InChI is InChI=1S/C20H26N4O6S2/c1-22-9-11-23(12-10-22)18(19-3-2-13-30-19)15-21-32(28,29)17-6-4-16(5-7-17)24-20(25)8-14-31(24,26)27/h2-7,13,18,21H,8-12,14-15H2,1H3/t18-/m0/s1. The lowest BCUT2D eigenvalue weighted by atomic mass is 10.1. The van der Waals surface area contributed by atoms with E-state index in [2.05, 4.69) is 14.5 Å². The van der Waals surface area contributed by atoms with E-state index in [9.17, 15) is 21.6 Å². The predicted octanol–water partition coefficient (Wildman–Crippen LogP) is 0.613. The number of anilines is 1. The zero-order valence-corrected chi connectivity index (χ0v) is 19.3. The SMILES string of the molecule is CN1CCN([C@@H](CNS(=O)(=O)c2ccc(N3C(=O)CCS3(=O)=O)cc2)c2ccco2)CC1. The van der Waals surface area contributed by atoms with Gasteiger partial charge in [0.25, 0.3) is 0 Å². The van der Waals surface area contributed by atoms with Gasteiger partial charge < -0.3 is 9.32 Å². The van der Waals surface area contributed by atoms with Gasteiger partial charge in [-0.3, -0.25) is 9.69 Å². The van der Waals surface area contributed by atoms with Crippen molar-refractivity contribution in [3.63, 3.8) is 0 Å². The second-order valence-electron chi connectivity index (χ2n) is 7.94. The molecule has 174 valence electrons. The van der Waals surface area contributed by atoms with E-state index in [0.29, 0.717) is 5.76 Å². The Morgan fingerprint density at radius 2 is 1.78 bits per heavy atom. The topological polar surface area (TPSA) is 120 Å². The number of nitrogens with zero attached hydrogens (tertiary/aromatic N) is 3. The molecule has 4 rings (SSSR count). The summed E-state index contributed by atoms with van der Waals surface area (Å²) >= 11 is 0. The molecule has 0 radical (unpaired) electrons. The van der Waals surface area contributed by atoms with Crippen LogP contribution in [0.5, 0.6) is 0 Å². The number of piperazine rings is 1. The van der Waals surface area contributed by atoms with Crippen LogP contribution in [0.3, 0.4) is 0 Å². The molecule has 1 atom stereocenters. The summed E-state index contributed by atoms with van der Waals surface area (Å²) in [4.78, 5) is 16.3. The molecule has 3 heterocycles. The van der Waals surface area contributed by atoms with Gasteiger partial charge in [0.1, 0.15) is 5.76 Å². The minimum Gasteiger partial charge on any atom is -0.468 e. The van der Waals surface area contributed by atoms with E-state index in [1.165, 1.54) is 24.3 Å². The first-order valence-corrected chi connectivity index (χ1v) is 13.4. The van der Waals surface area contributed by atoms with E-state index in [1.54, 1.807) is 12.3 Å². The number of nitrogens with one attached hydrogen (secondary N) is 1. The van der Waals surface area contributed by atoms with Crippen LogP contribution in [0.4, 0.5) is 5.69 Å². The quantitative estimate of drug-likeness (QED) is 0.610. The number of rotatable bonds is 7. The number of likely N-dealkylation sites (N-methyl/N-ethyl adjacent to an activating group) is 1. The molecule has 1 aromatic carbocycles. The van der Waals surface area contributed by atoms with Gasteiger partial charge in [-0.1, -0.05) is 0 Å². The number of carbonyl (C=O) groups is 1. The van der Waals surface area contributed by atoms with Crippen LogP contribution in [0, 0.1) is 0 Å². The first kappa shape index (κ1) is 22.9. The van der Waals surface area contributed by atoms with Gasteiger partial charge in [0, 0.05) is 39.1 Å². The average Bonchev–Trinajstić information content (AvgIpc) is 3.37. The van der Waals surface area contributed by atoms with E-state index in [0.717, 1.165) is 30.5 Å². The van der Waals surface area contributed by atoms with Crippen molar-refractivity contribution < 1.29 is 26.0 Å². The zero-order valence-electron chi connectivity index (χ0n) is 17.7. The Hall–Kier alpha value is -2.25. The van der Waals surface area contributed by atoms with E-state index in [1.807, 2.05) is 13.1 Å². The van der Waals surface area contributed by atoms with Crippen molar-refractivity contribution in [2.75, 3.05) is 49.8 Å². The second kappa shape index (κ2) is 8.94. The van der Waals surface area contributed by atoms with Crippen LogP contribution in [0.2, 0.25) is 0 Å². The van der Waals surface area contributed by atoms with Gasteiger partial charge in [-0.15, -0.1) is 0 Å². The maximum atomic E-state index is 12.9. The van der Waals surface area contributed by atoms with E-state index in [-0.39, 0.29) is 35.3 Å². The number of hydrogen-bond donors (Lipinski definition) is 1. The lowest BCUT2D eigenvalue weighted by molar-refractivity contribution is -0.116. The molecule has 1 amide bonds. The summed E-state index contributed by atoms with van der Waals surface area (Å²) in [6.07, 6.45) is 1.49. The Balaban J connectivity index is 1.49. The van der Waals surface area contributed by atoms with Gasteiger partial charge in [-0.2, -0.15) is 0 Å². The second-order valence-corrected chi connectivity index (χ2v) is 11.6. The van der Waals surface area contributed by atoms with Crippen LogP contribution in [-0.2, 0) is 24.8 Å². The molecule has 2 aliphatic heterocycles. The molecule has 0 unspecified atom stereocenters. The summed E-state index contributed by atoms with van der Waals surface area (Å²) in [5.74, 6) is -0.0778. The minimum atomic E-state index is -3.86. The molecule has 0 aliphatic carbocycles. The van der Waals surface area contributed by atoms with Crippen LogP contribution in [0.25, 0.3) is 0 Å². The molecule has 2 fully saturated rings. The van der Waals surface area contributed by atoms with Crippen molar-refractivity contribution in [3.05, 3.63) is 48.4 Å². The van der Waals surface area contributed by atoms with Gasteiger partial charge in [-0.05, 0) is 43.4 Å². The third-order valence-electron chi connectivity index (χ3n) is 5.78. The highest BCUT2D eigenvalue weighted by Gasteiger charge is 2.36. The van der Waals surface area contributed by atoms with Gasteiger partial charge in [0.05, 0.1) is 28.6 Å². The highest BCUT2D eigenvalue weighted by molar-refractivity contribution is 7.94. The molecule has 12 heteroatoms. The summed E-state index contributed by atoms with van der Waals surface area (Å²) in [5.41, 5.74) is 0.136. The maximum Gasteiger partial charge on any atom is 0.242 e. The molecule has 10 nitrogen and oxygen atoms in total. The zero-order chi connectivity index (χ0) is 22.9. The number of amides is 1. The van der Waals surface area contributed by atoms with E-state index in [4.69, 9.17) is 4.42 Å². The summed E-state index contributed by atoms with van der Waals surface area (Å²) < 4.78 is 58.9. The first-order valence-electron chi connectivity index (χ1n) is 10.3. The molecule has 1 N–H and O–H groups in total. The van der Waals surface area contributed by atoms with Crippen LogP contribution >= 0.6 is 0 Å². The fourth-order valence-corrected chi connectivity index (χ4v) is 6.42. The van der Waals surface area contributed by atoms with Crippen LogP contribution < -0.4 is 9.03 Å². The number of sulfonamides is 2. The Labute approximate surface area is 187 Å². The number of carbonyl (C=O) groups excluding carboxylic acids is 1. The van der Waals surface area contributed by atoms with Crippen molar-refractivity contribution in [3.8, 4) is 0 Å². The van der Waals surface area contributed by atoms with Crippen molar-refractivity contribution >= 4 is 31.6 Å². The van der Waals surface area contributed by atoms with Gasteiger partial charge in [0.2, 0.25) is 26.0 Å². The largest absolute Gasteiger partial charge is 0.468 e. The molecule has 32 heavy (non-hydrogen) atoms. The van der Waals surface area contributed by atoms with Gasteiger partial charge in [0.15, 0.2) is 0 Å². The van der Waals surface area contributed by atoms with Crippen molar-refractivity contribution in [2.24, 2.45) is 0 Å². The molecule has 1 aromatic heterocycles. The van der Waals surface area contributed by atoms with Gasteiger partial charge >= 0.3 is 0 Å². The lowest BCUT2D eigenvalue weighted by Crippen LogP contribution is -2.48. The Morgan fingerprint density at radius 1 is 1.09 bits per heavy atom. The summed E-state index contributed by atoms with van der Waals surface area (Å²) in [7, 11) is -5.51. The Kier molecular flexibility index (Phi) is 6.41. The first-order chi connectivity index (χ1) is 15.2. The summed E-state index contributed by atoms with van der Waals surface area (Å²) in [5, 5.41) is 0. The fraction of sp³-hybridized carbons (Fsp3) is 0.450. The third-order valence-corrected chi connectivity index (χ3v) is 8.91. The summed E-state index contributed by atoms with van der Waals surface area (Å²) in [6, 6.07) is 8.63. The third kappa shape index (κ3) is 4.74. The Morgan fingerprint density at radius 3 is 2.34 bits per heavy atom.